The van der Waals surface area contributed by atoms with Gasteiger partial charge in [-0.2, -0.15) is 0 Å². The van der Waals surface area contributed by atoms with Gasteiger partial charge in [-0.25, -0.2) is 9.97 Å². The summed E-state index contributed by atoms with van der Waals surface area (Å²) in [6.07, 6.45) is 0. The minimum atomic E-state index is 0.553. The van der Waals surface area contributed by atoms with Gasteiger partial charge in [-0.15, -0.1) is 0 Å². The zero-order valence-electron chi connectivity index (χ0n) is 10.3. The fourth-order valence-corrected chi connectivity index (χ4v) is 2.60. The summed E-state index contributed by atoms with van der Waals surface area (Å²) in [5.41, 5.74) is 3.52. The number of rotatable bonds is 2. The lowest BCUT2D eigenvalue weighted by molar-refractivity contribution is 0.413. The quantitative estimate of drug-likeness (QED) is 0.776. The van der Waals surface area contributed by atoms with Gasteiger partial charge in [-0.3, -0.25) is 0 Å². The van der Waals surface area contributed by atoms with Crippen molar-refractivity contribution < 1.29 is 4.74 Å². The third-order valence-corrected chi connectivity index (χ3v) is 3.12. The Bertz CT molecular complexity index is 582. The molecule has 0 radical (unpaired) electrons. The predicted octanol–water partition coefficient (Wildman–Crippen LogP) is 4.18. The largest absolute Gasteiger partial charge is 0.496 e. The van der Waals surface area contributed by atoms with Crippen molar-refractivity contribution in [2.75, 3.05) is 7.11 Å². The van der Waals surface area contributed by atoms with Crippen LogP contribution in [0.3, 0.4) is 0 Å². The summed E-state index contributed by atoms with van der Waals surface area (Å²) in [5.74, 6) is 0.782. The van der Waals surface area contributed by atoms with Crippen molar-refractivity contribution >= 4 is 27.5 Å². The molecule has 0 aliphatic rings. The van der Waals surface area contributed by atoms with E-state index in [0.717, 1.165) is 28.3 Å². The molecule has 18 heavy (non-hydrogen) atoms. The first kappa shape index (κ1) is 13.3. The van der Waals surface area contributed by atoms with Crippen LogP contribution in [-0.4, -0.2) is 17.1 Å². The molecule has 0 N–H and O–H groups in total. The van der Waals surface area contributed by atoms with E-state index in [1.807, 2.05) is 32.0 Å². The Morgan fingerprint density at radius 1 is 1.17 bits per heavy atom. The lowest BCUT2D eigenvalue weighted by atomic mass is 10.1. The van der Waals surface area contributed by atoms with Gasteiger partial charge < -0.3 is 4.74 Å². The second-order valence-corrected chi connectivity index (χ2v) is 5.11. The molecule has 0 aliphatic carbocycles. The molecule has 0 fully saturated rings. The van der Waals surface area contributed by atoms with Gasteiger partial charge in [0.05, 0.1) is 12.8 Å². The Morgan fingerprint density at radius 3 is 2.50 bits per heavy atom. The highest BCUT2D eigenvalue weighted by Gasteiger charge is 2.12. The minimum Gasteiger partial charge on any atom is -0.496 e. The van der Waals surface area contributed by atoms with E-state index in [-0.39, 0.29) is 0 Å². The minimum absolute atomic E-state index is 0.553. The average molecular weight is 328 g/mol. The van der Waals surface area contributed by atoms with Crippen molar-refractivity contribution in [1.82, 2.24) is 9.97 Å². The zero-order valence-corrected chi connectivity index (χ0v) is 12.6. The molecule has 1 aromatic carbocycles. The fourth-order valence-electron chi connectivity index (χ4n) is 1.86. The molecule has 0 saturated carbocycles. The normalized spacial score (nSPS) is 10.5. The molecule has 5 heteroatoms. The molecular formula is C13H12BrClN2O. The highest BCUT2D eigenvalue weighted by molar-refractivity contribution is 9.10. The lowest BCUT2D eigenvalue weighted by Gasteiger charge is -2.12. The summed E-state index contributed by atoms with van der Waals surface area (Å²) in [6.45, 7) is 3.87. The number of methoxy groups -OCH3 is 1. The van der Waals surface area contributed by atoms with Crippen molar-refractivity contribution in [2.45, 2.75) is 13.8 Å². The van der Waals surface area contributed by atoms with Crippen LogP contribution in [0, 0.1) is 13.8 Å². The van der Waals surface area contributed by atoms with E-state index >= 15 is 0 Å². The Kier molecular flexibility index (Phi) is 3.88. The molecule has 94 valence electrons. The van der Waals surface area contributed by atoms with Crippen LogP contribution in [0.25, 0.3) is 11.3 Å². The van der Waals surface area contributed by atoms with Crippen LogP contribution in [-0.2, 0) is 0 Å². The summed E-state index contributed by atoms with van der Waals surface area (Å²) in [4.78, 5) is 8.55. The van der Waals surface area contributed by atoms with Gasteiger partial charge in [0.25, 0.3) is 0 Å². The van der Waals surface area contributed by atoms with Gasteiger partial charge in [0.15, 0.2) is 4.73 Å². The molecule has 0 aliphatic heterocycles. The number of hydrogen-bond donors (Lipinski definition) is 0. The monoisotopic (exact) mass is 326 g/mol. The third-order valence-electron chi connectivity index (χ3n) is 2.55. The van der Waals surface area contributed by atoms with E-state index in [4.69, 9.17) is 16.3 Å². The summed E-state index contributed by atoms with van der Waals surface area (Å²) in [5, 5.41) is 0.663. The number of ether oxygens (including phenoxy) is 1. The number of benzene rings is 1. The molecule has 3 nitrogen and oxygen atoms in total. The number of halogens is 2. The number of aryl methyl sites for hydroxylation is 2. The lowest BCUT2D eigenvalue weighted by Crippen LogP contribution is -1.96. The van der Waals surface area contributed by atoms with Crippen LogP contribution in [0.2, 0.25) is 5.02 Å². The zero-order chi connectivity index (χ0) is 13.3. The van der Waals surface area contributed by atoms with E-state index in [9.17, 15) is 0 Å². The second kappa shape index (κ2) is 5.24. The van der Waals surface area contributed by atoms with Crippen LogP contribution >= 0.6 is 27.5 Å². The molecule has 1 aromatic heterocycles. The topological polar surface area (TPSA) is 35.0 Å². The summed E-state index contributed by atoms with van der Waals surface area (Å²) >= 11 is 9.40. The summed E-state index contributed by atoms with van der Waals surface area (Å²) < 4.78 is 5.98. The molecule has 2 aromatic rings. The van der Waals surface area contributed by atoms with Crippen LogP contribution in [0.5, 0.6) is 5.75 Å². The van der Waals surface area contributed by atoms with Gasteiger partial charge in [0.1, 0.15) is 5.75 Å². The maximum Gasteiger partial charge on any atom is 0.197 e. The predicted molar refractivity (Wildman–Crippen MR) is 76.2 cm³/mol. The van der Waals surface area contributed by atoms with Gasteiger partial charge in [-0.05, 0) is 53.5 Å². The highest BCUT2D eigenvalue weighted by atomic mass is 79.9. The van der Waals surface area contributed by atoms with Gasteiger partial charge in [0, 0.05) is 16.3 Å². The standard InChI is InChI=1S/C13H12BrClN2O/c1-7-4-9(15)6-10(12(7)18-3)11-5-8(2)16-13(14)17-11/h4-6H,1-3H3. The SMILES string of the molecule is COc1c(C)cc(Cl)cc1-c1cc(C)nc(Br)n1. The Balaban J connectivity index is 2.69. The van der Waals surface area contributed by atoms with E-state index in [2.05, 4.69) is 25.9 Å². The van der Waals surface area contributed by atoms with Gasteiger partial charge in [-0.1, -0.05) is 11.6 Å². The van der Waals surface area contributed by atoms with Crippen LogP contribution < -0.4 is 4.74 Å². The van der Waals surface area contributed by atoms with E-state index in [1.54, 1.807) is 7.11 Å². The Labute approximate surface area is 119 Å². The van der Waals surface area contributed by atoms with Crippen molar-refractivity contribution in [3.8, 4) is 17.0 Å². The highest BCUT2D eigenvalue weighted by Crippen LogP contribution is 2.35. The van der Waals surface area contributed by atoms with Gasteiger partial charge in [0.2, 0.25) is 0 Å². The Hall–Kier alpha value is -1.13. The first-order valence-electron chi connectivity index (χ1n) is 5.37. The van der Waals surface area contributed by atoms with Crippen molar-refractivity contribution in [1.29, 1.82) is 0 Å². The number of nitrogens with zero attached hydrogens (tertiary/aromatic N) is 2. The van der Waals surface area contributed by atoms with E-state index in [0.29, 0.717) is 9.76 Å². The second-order valence-electron chi connectivity index (χ2n) is 3.97. The summed E-state index contributed by atoms with van der Waals surface area (Å²) in [7, 11) is 1.64. The van der Waals surface area contributed by atoms with Crippen molar-refractivity contribution in [2.24, 2.45) is 0 Å². The fraction of sp³-hybridized carbons (Fsp3) is 0.231. The molecule has 0 saturated heterocycles. The molecular weight excluding hydrogens is 316 g/mol. The first-order chi connectivity index (χ1) is 8.51. The molecule has 0 amide bonds. The maximum atomic E-state index is 6.10. The number of aromatic nitrogens is 2. The molecule has 1 heterocycles. The van der Waals surface area contributed by atoms with Crippen LogP contribution in [0.15, 0.2) is 22.9 Å². The maximum absolute atomic E-state index is 6.10. The van der Waals surface area contributed by atoms with Crippen molar-refractivity contribution in [3.63, 3.8) is 0 Å². The molecule has 0 bridgehead atoms. The van der Waals surface area contributed by atoms with Gasteiger partial charge >= 0.3 is 0 Å². The Morgan fingerprint density at radius 2 is 1.89 bits per heavy atom. The van der Waals surface area contributed by atoms with Crippen LogP contribution in [0.4, 0.5) is 0 Å². The molecule has 0 spiro atoms. The first-order valence-corrected chi connectivity index (χ1v) is 6.54. The molecule has 0 atom stereocenters. The summed E-state index contributed by atoms with van der Waals surface area (Å²) in [6, 6.07) is 5.62. The smallest absolute Gasteiger partial charge is 0.197 e. The average Bonchev–Trinajstić information content (AvgIpc) is 2.26. The van der Waals surface area contributed by atoms with E-state index in [1.165, 1.54) is 0 Å². The van der Waals surface area contributed by atoms with Crippen LogP contribution in [0.1, 0.15) is 11.3 Å². The number of hydrogen-bond acceptors (Lipinski definition) is 3. The van der Waals surface area contributed by atoms with Crippen molar-refractivity contribution in [3.05, 3.63) is 39.2 Å². The molecule has 2 rings (SSSR count). The third kappa shape index (κ3) is 2.65. The molecule has 0 unspecified atom stereocenters. The van der Waals surface area contributed by atoms with E-state index < -0.39 is 0 Å².